The van der Waals surface area contributed by atoms with Crippen LogP contribution in [0, 0.1) is 0 Å². The molecule has 19 heteroatoms. The van der Waals surface area contributed by atoms with Gasteiger partial charge in [0.05, 0.1) is 38.6 Å². The zero-order chi connectivity index (χ0) is 79.5. The summed E-state index contributed by atoms with van der Waals surface area (Å²) in [6.07, 6.45) is 71.8. The Balaban J connectivity index is 1.36. The Morgan fingerprint density at radius 3 is 0.982 bits per heavy atom. The lowest BCUT2D eigenvalue weighted by Gasteiger charge is -2.48. The van der Waals surface area contributed by atoms with E-state index in [9.17, 15) is 61.0 Å². The van der Waals surface area contributed by atoms with Gasteiger partial charge in [-0.15, -0.1) is 0 Å². The number of aliphatic hydroxyl groups is 11. The molecule has 3 saturated heterocycles. The topological polar surface area (TPSA) is 307 Å². The standard InChI is InChI=1S/C91H157NO18/c1-3-5-7-9-11-13-15-17-19-21-23-25-27-29-31-33-35-36-37-38-39-41-43-45-47-49-51-53-55-57-59-61-63-65-67-69-79(97)92-74(75(96)68-66-64-62-60-58-56-54-52-50-48-46-44-42-40-34-32-30-28-26-24-22-20-18-16-14-12-10-8-6-4-2)73-105-89-85(103)82(100)87(77(71-94)107-89)110-91-86(104)83(101)88(78(72-95)108-91)109-90-84(102)81(99)80(98)76(70-93)106-90/h5,7,11,13,17,19,23,25,29,31,35-36,38-39,43,45,49,51,66,68,74-78,80-91,93-96,98-104H,3-4,6,8-10,12,14-16,18,20-22,24,26-28,30,32-34,37,40-42,44,46-48,50,52-65,67,69-73H2,1-2H3,(H,92,97)/b7-5-,13-11-,19-17-,25-23-,31-29-,36-35-,39-38-,45-43-,51-49-,68-66+. The molecule has 1 amide bonds. The summed E-state index contributed by atoms with van der Waals surface area (Å²) in [4.78, 5) is 13.5. The van der Waals surface area contributed by atoms with Crippen LogP contribution in [0.4, 0.5) is 0 Å². The number of rotatable bonds is 69. The monoisotopic (exact) mass is 1550 g/mol. The van der Waals surface area contributed by atoms with Crippen LogP contribution in [-0.4, -0.2) is 193 Å². The highest BCUT2D eigenvalue weighted by atomic mass is 16.8. The molecular weight excluding hydrogens is 1390 g/mol. The van der Waals surface area contributed by atoms with E-state index in [1.54, 1.807) is 6.08 Å². The van der Waals surface area contributed by atoms with E-state index >= 15 is 0 Å². The van der Waals surface area contributed by atoms with E-state index in [1.165, 1.54) is 161 Å². The Morgan fingerprint density at radius 1 is 0.336 bits per heavy atom. The second-order valence-electron chi connectivity index (χ2n) is 30.6. The van der Waals surface area contributed by atoms with Crippen LogP contribution in [0.3, 0.4) is 0 Å². The average Bonchev–Trinajstić information content (AvgIpc) is 0.795. The van der Waals surface area contributed by atoms with Crippen LogP contribution in [0.25, 0.3) is 0 Å². The van der Waals surface area contributed by atoms with Gasteiger partial charge in [-0.05, 0) is 89.9 Å². The SMILES string of the molecule is CC/C=C\C/C=C\C/C=C\C/C=C\C/C=C\C/C=C\C/C=C\C/C=C\C/C=C\CCCCCCCCCC(=O)NC(COC1OC(CO)C(OC2OC(CO)C(OC3OC(CO)C(O)C(O)C3O)C(O)C2O)C(O)C1O)C(O)/C=C/CCCCCCCCCCCCCCCCCCCCCCCCCCCCCC. The molecular formula is C91H157NO18. The van der Waals surface area contributed by atoms with Crippen LogP contribution >= 0.6 is 0 Å². The molecule has 19 nitrogen and oxygen atoms in total. The minimum absolute atomic E-state index is 0.223. The van der Waals surface area contributed by atoms with Gasteiger partial charge in [0.2, 0.25) is 5.91 Å². The van der Waals surface area contributed by atoms with Gasteiger partial charge in [0.25, 0.3) is 0 Å². The van der Waals surface area contributed by atoms with E-state index in [-0.39, 0.29) is 18.9 Å². The van der Waals surface area contributed by atoms with Crippen molar-refractivity contribution in [2.24, 2.45) is 0 Å². The Hall–Kier alpha value is -3.81. The Kier molecular flexibility index (Phi) is 63.4. The number of unbranched alkanes of at least 4 members (excludes halogenated alkanes) is 35. The number of carbonyl (C=O) groups excluding carboxylic acids is 1. The van der Waals surface area contributed by atoms with Gasteiger partial charge in [-0.3, -0.25) is 4.79 Å². The summed E-state index contributed by atoms with van der Waals surface area (Å²) in [5, 5.41) is 121. The van der Waals surface area contributed by atoms with Crippen molar-refractivity contribution in [3.05, 3.63) is 122 Å². The first-order chi connectivity index (χ1) is 53.8. The van der Waals surface area contributed by atoms with Crippen molar-refractivity contribution in [2.75, 3.05) is 26.4 Å². The minimum atomic E-state index is -1.99. The van der Waals surface area contributed by atoms with Crippen molar-refractivity contribution < 1.29 is 89.4 Å². The quantitative estimate of drug-likeness (QED) is 0.0199. The first kappa shape index (κ1) is 100. The molecule has 0 saturated carbocycles. The zero-order valence-electron chi connectivity index (χ0n) is 68.2. The molecule has 12 N–H and O–H groups in total. The first-order valence-corrected chi connectivity index (χ1v) is 43.8. The van der Waals surface area contributed by atoms with Crippen molar-refractivity contribution in [3.8, 4) is 0 Å². The molecule has 0 aliphatic carbocycles. The molecule has 17 atom stereocenters. The second-order valence-corrected chi connectivity index (χ2v) is 30.6. The molecule has 3 heterocycles. The third kappa shape index (κ3) is 47.9. The van der Waals surface area contributed by atoms with Crippen LogP contribution in [0.2, 0.25) is 0 Å². The Labute approximate surface area is 665 Å². The third-order valence-electron chi connectivity index (χ3n) is 21.0. The summed E-state index contributed by atoms with van der Waals surface area (Å²) in [6.45, 7) is 1.64. The smallest absolute Gasteiger partial charge is 0.220 e. The van der Waals surface area contributed by atoms with E-state index in [2.05, 4.69) is 129 Å². The van der Waals surface area contributed by atoms with Crippen molar-refractivity contribution in [1.82, 2.24) is 5.32 Å². The largest absolute Gasteiger partial charge is 0.394 e. The lowest BCUT2D eigenvalue weighted by molar-refractivity contribution is -0.379. The van der Waals surface area contributed by atoms with Crippen molar-refractivity contribution in [2.45, 2.75) is 420 Å². The van der Waals surface area contributed by atoms with Gasteiger partial charge in [-0.1, -0.05) is 341 Å². The summed E-state index contributed by atoms with van der Waals surface area (Å²) in [6, 6.07) is -0.991. The summed E-state index contributed by atoms with van der Waals surface area (Å²) in [5.41, 5.74) is 0. The van der Waals surface area contributed by atoms with Crippen LogP contribution in [0.5, 0.6) is 0 Å². The van der Waals surface area contributed by atoms with E-state index in [0.29, 0.717) is 6.42 Å². The molecule has 0 spiro atoms. The zero-order valence-corrected chi connectivity index (χ0v) is 68.2. The molecule has 0 bridgehead atoms. The summed E-state index contributed by atoms with van der Waals surface area (Å²) in [7, 11) is 0. The average molecular weight is 1550 g/mol. The molecule has 0 aromatic carbocycles. The number of ether oxygens (including phenoxy) is 6. The van der Waals surface area contributed by atoms with E-state index < -0.39 is 124 Å². The van der Waals surface area contributed by atoms with Crippen LogP contribution in [0.1, 0.15) is 316 Å². The maximum atomic E-state index is 13.5. The maximum absolute atomic E-state index is 13.5. The third-order valence-corrected chi connectivity index (χ3v) is 21.0. The first-order valence-electron chi connectivity index (χ1n) is 43.8. The van der Waals surface area contributed by atoms with E-state index in [0.717, 1.165) is 128 Å². The highest BCUT2D eigenvalue weighted by Crippen LogP contribution is 2.33. The predicted octanol–water partition coefficient (Wildman–Crippen LogP) is 16.2. The minimum Gasteiger partial charge on any atom is -0.394 e. The highest BCUT2D eigenvalue weighted by Gasteiger charge is 2.54. The summed E-state index contributed by atoms with van der Waals surface area (Å²) in [5.74, 6) is -0.288. The van der Waals surface area contributed by atoms with Crippen molar-refractivity contribution in [3.63, 3.8) is 0 Å². The fourth-order valence-corrected chi connectivity index (χ4v) is 14.1. The van der Waals surface area contributed by atoms with Gasteiger partial charge >= 0.3 is 0 Å². The molecule has 110 heavy (non-hydrogen) atoms. The molecule has 0 radical (unpaired) electrons. The van der Waals surface area contributed by atoms with Crippen molar-refractivity contribution in [1.29, 1.82) is 0 Å². The Bertz CT molecular complexity index is 2460. The molecule has 0 aromatic heterocycles. The molecule has 3 aliphatic rings. The lowest BCUT2D eigenvalue weighted by atomic mass is 9.96. The second kappa shape index (κ2) is 69.5. The number of amides is 1. The van der Waals surface area contributed by atoms with Gasteiger partial charge in [0.15, 0.2) is 18.9 Å². The number of nitrogens with one attached hydrogen (secondary N) is 1. The van der Waals surface area contributed by atoms with Crippen LogP contribution in [-0.2, 0) is 33.2 Å². The fraction of sp³-hybridized carbons (Fsp3) is 0.769. The molecule has 3 rings (SSSR count). The number of hydrogen-bond acceptors (Lipinski definition) is 18. The van der Waals surface area contributed by atoms with E-state index in [1.807, 2.05) is 6.08 Å². The van der Waals surface area contributed by atoms with E-state index in [4.69, 9.17) is 28.4 Å². The number of allylic oxidation sites excluding steroid dienone is 19. The summed E-state index contributed by atoms with van der Waals surface area (Å²) < 4.78 is 34.5. The van der Waals surface area contributed by atoms with Gasteiger partial charge in [0, 0.05) is 6.42 Å². The number of aliphatic hydroxyl groups excluding tert-OH is 11. The molecule has 0 aromatic rings. The summed E-state index contributed by atoms with van der Waals surface area (Å²) >= 11 is 0. The van der Waals surface area contributed by atoms with Crippen molar-refractivity contribution >= 4 is 5.91 Å². The molecule has 17 unspecified atom stereocenters. The van der Waals surface area contributed by atoms with Gasteiger partial charge in [-0.25, -0.2) is 0 Å². The molecule has 3 fully saturated rings. The van der Waals surface area contributed by atoms with Gasteiger partial charge < -0.3 is 89.9 Å². The number of hydrogen-bond donors (Lipinski definition) is 12. The fourth-order valence-electron chi connectivity index (χ4n) is 14.1. The normalized spacial score (nSPS) is 25.8. The molecule has 3 aliphatic heterocycles. The Morgan fingerprint density at radius 2 is 0.627 bits per heavy atom. The maximum Gasteiger partial charge on any atom is 0.220 e. The van der Waals surface area contributed by atoms with Gasteiger partial charge in [0.1, 0.15) is 73.2 Å². The lowest BCUT2D eigenvalue weighted by Crippen LogP contribution is -2.66. The number of carbonyl (C=O) groups is 1. The molecule has 634 valence electrons. The highest BCUT2D eigenvalue weighted by molar-refractivity contribution is 5.76. The van der Waals surface area contributed by atoms with Gasteiger partial charge in [-0.2, -0.15) is 0 Å². The van der Waals surface area contributed by atoms with Crippen LogP contribution < -0.4 is 5.32 Å². The predicted molar refractivity (Wildman–Crippen MR) is 443 cm³/mol. The van der Waals surface area contributed by atoms with Crippen LogP contribution in [0.15, 0.2) is 122 Å².